The summed E-state index contributed by atoms with van der Waals surface area (Å²) in [5, 5.41) is 0. The molecule has 0 bridgehead atoms. The molecule has 0 saturated heterocycles. The average molecular weight is 292 g/mol. The maximum absolute atomic E-state index is 2.50. The van der Waals surface area contributed by atoms with Crippen molar-refractivity contribution < 1.29 is 20.3 Å². The van der Waals surface area contributed by atoms with Crippen LogP contribution in [0.4, 0.5) is 0 Å². The average Bonchev–Trinajstić information content (AvgIpc) is 2.29. The van der Waals surface area contributed by atoms with Crippen LogP contribution >= 0.6 is 0 Å². The Morgan fingerprint density at radius 2 is 0.933 bits per heavy atom. The van der Waals surface area contributed by atoms with Crippen molar-refractivity contribution in [3.63, 3.8) is 0 Å². The summed E-state index contributed by atoms with van der Waals surface area (Å²) in [6, 6.07) is 0. The molecule has 0 fully saturated rings. The first-order valence-electron chi connectivity index (χ1n) is 7.24. The topological polar surface area (TPSA) is 0 Å². The third-order valence-electron chi connectivity index (χ3n) is 3.93. The van der Waals surface area contributed by atoms with Gasteiger partial charge in [0.1, 0.15) is 0 Å². The molecular weight excluding hydrogens is 259 g/mol. The molecule has 0 aliphatic heterocycles. The first kappa shape index (κ1) is 15.9. The van der Waals surface area contributed by atoms with Crippen LogP contribution in [0.1, 0.15) is 66.2 Å². The molecule has 1 heteroatoms. The zero-order chi connectivity index (χ0) is 11.6. The van der Waals surface area contributed by atoms with E-state index in [1.807, 2.05) is 0 Å². The normalized spacial score (nSPS) is 12.0. The second kappa shape index (κ2) is 10.1. The summed E-state index contributed by atoms with van der Waals surface area (Å²) in [4.78, 5) is 0. The molecule has 0 N–H and O–H groups in total. The Kier molecular flexibility index (Phi) is 10.7. The van der Waals surface area contributed by atoms with Crippen molar-refractivity contribution >= 4 is 0 Å². The summed E-state index contributed by atoms with van der Waals surface area (Å²) in [5.41, 5.74) is 0. The van der Waals surface area contributed by atoms with Gasteiger partial charge < -0.3 is 0 Å². The first-order chi connectivity index (χ1) is 7.24. The summed E-state index contributed by atoms with van der Waals surface area (Å²) < 4.78 is 6.65. The van der Waals surface area contributed by atoms with Gasteiger partial charge in [0.2, 0.25) is 0 Å². The Morgan fingerprint density at radius 1 is 0.600 bits per heavy atom. The predicted octanol–water partition coefficient (Wildman–Crippen LogP) is 6.23. The molecule has 0 amide bonds. The van der Waals surface area contributed by atoms with Gasteiger partial charge >= 0.3 is 103 Å². The van der Waals surface area contributed by atoms with Crippen LogP contribution in [-0.2, 0) is 20.3 Å². The Labute approximate surface area is 103 Å². The molecule has 0 unspecified atom stereocenters. The summed E-state index contributed by atoms with van der Waals surface area (Å²) >= 11 is -1.62. The van der Waals surface area contributed by atoms with Crippen LogP contribution in [0.3, 0.4) is 0 Å². The monoisotopic (exact) mass is 290 g/mol. The number of rotatable bonds is 10. The maximum atomic E-state index is 2.50. The van der Waals surface area contributed by atoms with Crippen molar-refractivity contribution in [2.45, 2.75) is 82.7 Å². The second-order valence-corrected chi connectivity index (χ2v) is 18.0. The molecule has 0 aromatic rings. The second-order valence-electron chi connectivity index (χ2n) is 5.16. The molecule has 0 spiro atoms. The first-order valence-corrected chi connectivity index (χ1v) is 14.2. The van der Waals surface area contributed by atoms with Gasteiger partial charge in [-0.1, -0.05) is 0 Å². The van der Waals surface area contributed by atoms with E-state index < -0.39 is 20.3 Å². The van der Waals surface area contributed by atoms with E-state index in [1.54, 1.807) is 16.5 Å². The Bertz CT molecular complexity index is 110. The fraction of sp³-hybridized carbons (Fsp3) is 1.00. The summed E-state index contributed by atoms with van der Waals surface area (Å²) in [5.74, 6) is 0. The fourth-order valence-electron chi connectivity index (χ4n) is 2.56. The van der Waals surface area contributed by atoms with E-state index in [9.17, 15) is 0 Å². The number of hydrogen-bond acceptors (Lipinski definition) is 0. The molecule has 0 atom stereocenters. The van der Waals surface area contributed by atoms with Crippen LogP contribution in [0.25, 0.3) is 0 Å². The summed E-state index contributed by atoms with van der Waals surface area (Å²) in [7, 11) is 0. The molecule has 0 aromatic carbocycles. The molecule has 0 aliphatic rings. The van der Waals surface area contributed by atoms with Gasteiger partial charge in [0.05, 0.1) is 0 Å². The number of unbranched alkanes of at least 4 members (excludes halogenated alkanes) is 3. The van der Waals surface area contributed by atoms with Crippen LogP contribution in [0.15, 0.2) is 0 Å². The minimum absolute atomic E-state index is 1.41. The van der Waals surface area contributed by atoms with Gasteiger partial charge in [0.15, 0.2) is 0 Å². The predicted molar refractivity (Wildman–Crippen MR) is 69.6 cm³/mol. The van der Waals surface area contributed by atoms with E-state index in [2.05, 4.69) is 27.7 Å². The number of hydrogen-bond donors (Lipinski definition) is 0. The minimum atomic E-state index is -1.62. The van der Waals surface area contributed by atoms with Gasteiger partial charge in [-0.25, -0.2) is 0 Å². The van der Waals surface area contributed by atoms with Crippen LogP contribution in [0, 0.1) is 0 Å². The van der Waals surface area contributed by atoms with Crippen molar-refractivity contribution in [3.05, 3.63) is 0 Å². The molecule has 0 rings (SSSR count). The van der Waals surface area contributed by atoms with Crippen molar-refractivity contribution in [2.75, 3.05) is 0 Å². The van der Waals surface area contributed by atoms with Crippen molar-refractivity contribution in [1.29, 1.82) is 0 Å². The van der Waals surface area contributed by atoms with Crippen LogP contribution in [0.5, 0.6) is 0 Å². The van der Waals surface area contributed by atoms with Crippen LogP contribution in [0.2, 0.25) is 16.5 Å². The van der Waals surface area contributed by atoms with Gasteiger partial charge in [-0.3, -0.25) is 0 Å². The van der Waals surface area contributed by atoms with E-state index in [0.717, 1.165) is 0 Å². The van der Waals surface area contributed by atoms with Gasteiger partial charge in [-0.05, 0) is 0 Å². The van der Waals surface area contributed by atoms with Crippen molar-refractivity contribution in [2.24, 2.45) is 0 Å². The summed E-state index contributed by atoms with van der Waals surface area (Å²) in [6.45, 7) is 9.56. The fourth-order valence-corrected chi connectivity index (χ4v) is 15.1. The quantitative estimate of drug-likeness (QED) is 0.447. The third kappa shape index (κ3) is 6.93. The van der Waals surface area contributed by atoms with Gasteiger partial charge in [-0.2, -0.15) is 0 Å². The third-order valence-corrected chi connectivity index (χ3v) is 18.0. The van der Waals surface area contributed by atoms with E-state index in [1.165, 1.54) is 38.5 Å². The molecule has 0 radical (unpaired) electrons. The molecule has 0 aromatic heterocycles. The molecule has 0 aliphatic carbocycles. The van der Waals surface area contributed by atoms with E-state index in [0.29, 0.717) is 0 Å². The SMILES string of the molecule is CCC[CH2][Zr]([CH2]C)([CH2]CCC)[CH2]CCC. The molecular formula is C14H32Zr. The Hall–Kier alpha value is 0.883. The van der Waals surface area contributed by atoms with Gasteiger partial charge in [0.25, 0.3) is 0 Å². The molecule has 0 saturated carbocycles. The zero-order valence-corrected chi connectivity index (χ0v) is 14.0. The van der Waals surface area contributed by atoms with Gasteiger partial charge in [0, 0.05) is 0 Å². The summed E-state index contributed by atoms with van der Waals surface area (Å²) in [6.07, 6.45) is 8.82. The molecule has 15 heavy (non-hydrogen) atoms. The van der Waals surface area contributed by atoms with Crippen LogP contribution < -0.4 is 0 Å². The standard InChI is InChI=1S/3C4H9.C2H5.Zr/c3*1-3-4-2;1-2;/h3*1,3-4H2,2H3;1H2,2H3;. The molecule has 92 valence electrons. The van der Waals surface area contributed by atoms with E-state index >= 15 is 0 Å². The molecule has 0 heterocycles. The van der Waals surface area contributed by atoms with Crippen LogP contribution in [-0.4, -0.2) is 0 Å². The van der Waals surface area contributed by atoms with Crippen molar-refractivity contribution in [1.82, 2.24) is 0 Å². The van der Waals surface area contributed by atoms with E-state index in [-0.39, 0.29) is 0 Å². The molecule has 0 nitrogen and oxygen atoms in total. The Balaban J connectivity index is 4.16. The Morgan fingerprint density at radius 3 is 1.13 bits per heavy atom. The van der Waals surface area contributed by atoms with Crippen molar-refractivity contribution in [3.8, 4) is 0 Å². The van der Waals surface area contributed by atoms with Gasteiger partial charge in [-0.15, -0.1) is 0 Å². The zero-order valence-electron chi connectivity index (χ0n) is 11.6. The van der Waals surface area contributed by atoms with E-state index in [4.69, 9.17) is 0 Å².